The third-order valence-corrected chi connectivity index (χ3v) is 3.24. The molecule has 16 heavy (non-hydrogen) atoms. The molecule has 1 aliphatic rings. The van der Waals surface area contributed by atoms with Gasteiger partial charge in [0.05, 0.1) is 7.11 Å². The predicted octanol–water partition coefficient (Wildman–Crippen LogP) is 2.03. The number of amides is 1. The smallest absolute Gasteiger partial charge is 0.223 e. The van der Waals surface area contributed by atoms with E-state index < -0.39 is 0 Å². The standard InChI is InChI=1S/C12H14ClNO2/c1-16-10-3-2-8(11(13)7-10)6-9-4-5-14-12(9)15/h2-3,7,9H,4-6H2,1H3,(H,14,15). The van der Waals surface area contributed by atoms with Crippen molar-refractivity contribution >= 4 is 17.5 Å². The Kier molecular flexibility index (Phi) is 3.34. The molecule has 1 N–H and O–H groups in total. The molecule has 1 atom stereocenters. The number of hydrogen-bond acceptors (Lipinski definition) is 2. The summed E-state index contributed by atoms with van der Waals surface area (Å²) in [6, 6.07) is 5.57. The molecule has 0 aromatic heterocycles. The van der Waals surface area contributed by atoms with E-state index in [4.69, 9.17) is 16.3 Å². The van der Waals surface area contributed by atoms with Gasteiger partial charge in [-0.25, -0.2) is 0 Å². The number of carbonyl (C=O) groups is 1. The van der Waals surface area contributed by atoms with Crippen LogP contribution in [0.25, 0.3) is 0 Å². The van der Waals surface area contributed by atoms with Crippen LogP contribution in [0.5, 0.6) is 5.75 Å². The summed E-state index contributed by atoms with van der Waals surface area (Å²) >= 11 is 6.12. The van der Waals surface area contributed by atoms with Crippen LogP contribution in [0, 0.1) is 5.92 Å². The molecule has 3 nitrogen and oxygen atoms in total. The molecule has 2 rings (SSSR count). The zero-order valence-corrected chi connectivity index (χ0v) is 9.88. The molecule has 1 aliphatic heterocycles. The number of halogens is 1. The summed E-state index contributed by atoms with van der Waals surface area (Å²) in [4.78, 5) is 11.4. The molecule has 1 amide bonds. The number of methoxy groups -OCH3 is 1. The summed E-state index contributed by atoms with van der Waals surface area (Å²) in [6.45, 7) is 0.775. The average Bonchev–Trinajstić information content (AvgIpc) is 2.67. The van der Waals surface area contributed by atoms with Crippen molar-refractivity contribution in [3.63, 3.8) is 0 Å². The molecule has 1 unspecified atom stereocenters. The molecule has 0 radical (unpaired) electrons. The van der Waals surface area contributed by atoms with Crippen LogP contribution in [-0.4, -0.2) is 19.6 Å². The molecular weight excluding hydrogens is 226 g/mol. The van der Waals surface area contributed by atoms with Gasteiger partial charge in [-0.15, -0.1) is 0 Å². The van der Waals surface area contributed by atoms with Crippen LogP contribution in [0.4, 0.5) is 0 Å². The number of carbonyl (C=O) groups excluding carboxylic acids is 1. The van der Waals surface area contributed by atoms with E-state index in [0.717, 1.165) is 24.3 Å². The van der Waals surface area contributed by atoms with Crippen molar-refractivity contribution in [1.82, 2.24) is 5.32 Å². The largest absolute Gasteiger partial charge is 0.497 e. The van der Waals surface area contributed by atoms with E-state index in [1.165, 1.54) is 0 Å². The Labute approximate surface area is 99.7 Å². The summed E-state index contributed by atoms with van der Waals surface area (Å²) in [5.41, 5.74) is 1.00. The first-order chi connectivity index (χ1) is 7.70. The van der Waals surface area contributed by atoms with Gasteiger partial charge < -0.3 is 10.1 Å². The number of ether oxygens (including phenoxy) is 1. The van der Waals surface area contributed by atoms with Gasteiger partial charge in [-0.2, -0.15) is 0 Å². The maximum atomic E-state index is 11.4. The van der Waals surface area contributed by atoms with Crippen LogP contribution in [0.15, 0.2) is 18.2 Å². The number of hydrogen-bond donors (Lipinski definition) is 1. The van der Waals surface area contributed by atoms with E-state index in [-0.39, 0.29) is 11.8 Å². The fourth-order valence-electron chi connectivity index (χ4n) is 1.93. The van der Waals surface area contributed by atoms with E-state index in [0.29, 0.717) is 11.4 Å². The second-order valence-electron chi connectivity index (χ2n) is 3.94. The number of nitrogens with one attached hydrogen (secondary N) is 1. The highest BCUT2D eigenvalue weighted by Gasteiger charge is 2.24. The van der Waals surface area contributed by atoms with Gasteiger partial charge in [-0.1, -0.05) is 17.7 Å². The van der Waals surface area contributed by atoms with Crippen LogP contribution in [0.1, 0.15) is 12.0 Å². The molecule has 1 saturated heterocycles. The summed E-state index contributed by atoms with van der Waals surface area (Å²) in [7, 11) is 1.61. The first kappa shape index (κ1) is 11.3. The van der Waals surface area contributed by atoms with Crippen molar-refractivity contribution in [3.05, 3.63) is 28.8 Å². The van der Waals surface area contributed by atoms with Gasteiger partial charge in [0.25, 0.3) is 0 Å². The Bertz CT molecular complexity index is 406. The molecule has 1 heterocycles. The second-order valence-corrected chi connectivity index (χ2v) is 4.35. The van der Waals surface area contributed by atoms with E-state index in [1.807, 2.05) is 12.1 Å². The maximum absolute atomic E-state index is 11.4. The minimum atomic E-state index is 0.0610. The minimum absolute atomic E-state index is 0.0610. The van der Waals surface area contributed by atoms with E-state index in [9.17, 15) is 4.79 Å². The van der Waals surface area contributed by atoms with Crippen LogP contribution >= 0.6 is 11.6 Å². The Morgan fingerprint density at radius 3 is 2.94 bits per heavy atom. The third kappa shape index (κ3) is 2.30. The summed E-state index contributed by atoms with van der Waals surface area (Å²) in [6.07, 6.45) is 1.59. The lowest BCUT2D eigenvalue weighted by Crippen LogP contribution is -2.20. The van der Waals surface area contributed by atoms with Crippen molar-refractivity contribution in [2.45, 2.75) is 12.8 Å². The Balaban J connectivity index is 2.12. The summed E-state index contributed by atoms with van der Waals surface area (Å²) in [5, 5.41) is 3.49. The van der Waals surface area contributed by atoms with Crippen molar-refractivity contribution in [3.8, 4) is 5.75 Å². The molecular formula is C12H14ClNO2. The quantitative estimate of drug-likeness (QED) is 0.877. The van der Waals surface area contributed by atoms with Crippen LogP contribution < -0.4 is 10.1 Å². The van der Waals surface area contributed by atoms with Crippen molar-refractivity contribution < 1.29 is 9.53 Å². The Morgan fingerprint density at radius 1 is 1.56 bits per heavy atom. The topological polar surface area (TPSA) is 38.3 Å². The van der Waals surface area contributed by atoms with E-state index in [2.05, 4.69) is 5.32 Å². The van der Waals surface area contributed by atoms with E-state index >= 15 is 0 Å². The lowest BCUT2D eigenvalue weighted by atomic mass is 9.98. The van der Waals surface area contributed by atoms with Gasteiger partial charge in [0, 0.05) is 17.5 Å². The SMILES string of the molecule is COc1ccc(CC2CCNC2=O)c(Cl)c1. The molecule has 0 bridgehead atoms. The highest BCUT2D eigenvalue weighted by atomic mass is 35.5. The highest BCUT2D eigenvalue weighted by molar-refractivity contribution is 6.31. The molecule has 0 aliphatic carbocycles. The fraction of sp³-hybridized carbons (Fsp3) is 0.417. The lowest BCUT2D eigenvalue weighted by molar-refractivity contribution is -0.122. The summed E-state index contributed by atoms with van der Waals surface area (Å²) in [5.74, 6) is 0.933. The van der Waals surface area contributed by atoms with Gasteiger partial charge in [-0.3, -0.25) is 4.79 Å². The molecule has 4 heteroatoms. The molecule has 1 aromatic carbocycles. The van der Waals surface area contributed by atoms with E-state index in [1.54, 1.807) is 13.2 Å². The molecule has 1 fully saturated rings. The molecule has 0 saturated carbocycles. The predicted molar refractivity (Wildman–Crippen MR) is 62.8 cm³/mol. The highest BCUT2D eigenvalue weighted by Crippen LogP contribution is 2.26. The zero-order chi connectivity index (χ0) is 11.5. The minimum Gasteiger partial charge on any atom is -0.497 e. The van der Waals surface area contributed by atoms with Crippen LogP contribution in [-0.2, 0) is 11.2 Å². The number of rotatable bonds is 3. The average molecular weight is 240 g/mol. The normalized spacial score (nSPS) is 19.6. The second kappa shape index (κ2) is 4.74. The molecule has 0 spiro atoms. The van der Waals surface area contributed by atoms with Crippen molar-refractivity contribution in [2.24, 2.45) is 5.92 Å². The van der Waals surface area contributed by atoms with Crippen LogP contribution in [0.2, 0.25) is 5.02 Å². The Hall–Kier alpha value is -1.22. The fourth-order valence-corrected chi connectivity index (χ4v) is 2.17. The van der Waals surface area contributed by atoms with Gasteiger partial charge in [0.1, 0.15) is 5.75 Å². The van der Waals surface area contributed by atoms with Gasteiger partial charge in [-0.05, 0) is 30.5 Å². The van der Waals surface area contributed by atoms with Gasteiger partial charge in [0.15, 0.2) is 0 Å². The van der Waals surface area contributed by atoms with Crippen molar-refractivity contribution in [1.29, 1.82) is 0 Å². The zero-order valence-electron chi connectivity index (χ0n) is 9.13. The summed E-state index contributed by atoms with van der Waals surface area (Å²) < 4.78 is 5.08. The van der Waals surface area contributed by atoms with Gasteiger partial charge >= 0.3 is 0 Å². The van der Waals surface area contributed by atoms with Crippen LogP contribution in [0.3, 0.4) is 0 Å². The lowest BCUT2D eigenvalue weighted by Gasteiger charge is -2.09. The maximum Gasteiger partial charge on any atom is 0.223 e. The first-order valence-corrected chi connectivity index (χ1v) is 5.68. The van der Waals surface area contributed by atoms with Gasteiger partial charge in [0.2, 0.25) is 5.91 Å². The molecule has 86 valence electrons. The number of benzene rings is 1. The van der Waals surface area contributed by atoms with Crippen molar-refractivity contribution in [2.75, 3.05) is 13.7 Å². The monoisotopic (exact) mass is 239 g/mol. The third-order valence-electron chi connectivity index (χ3n) is 2.89. The molecule has 1 aromatic rings. The first-order valence-electron chi connectivity index (χ1n) is 5.31. The Morgan fingerprint density at radius 2 is 2.38 bits per heavy atom.